The number of esters is 1. The van der Waals surface area contributed by atoms with Crippen LogP contribution < -0.4 is 0 Å². The summed E-state index contributed by atoms with van der Waals surface area (Å²) in [6, 6.07) is 9.61. The molecule has 224 valence electrons. The fraction of sp³-hybridized carbons (Fsp3) is 0.613. The van der Waals surface area contributed by atoms with Crippen molar-refractivity contribution in [2.24, 2.45) is 16.7 Å². The average molecular weight is 570 g/mol. The quantitative estimate of drug-likeness (QED) is 0.482. The summed E-state index contributed by atoms with van der Waals surface area (Å²) in [6.45, 7) is 11.8. The summed E-state index contributed by atoms with van der Waals surface area (Å²) in [5.74, 6) is -1.60. The molecular formula is C31H43N3O7. The van der Waals surface area contributed by atoms with Gasteiger partial charge in [0.1, 0.15) is 5.41 Å². The molecule has 0 spiro atoms. The number of piperidine rings is 1. The molecule has 4 rings (SSSR count). The molecular weight excluding hydrogens is 526 g/mol. The number of rotatable bonds is 6. The second kappa shape index (κ2) is 12.2. The molecule has 0 aliphatic carbocycles. The van der Waals surface area contributed by atoms with Crippen LogP contribution in [0.2, 0.25) is 0 Å². The zero-order valence-corrected chi connectivity index (χ0v) is 25.1. The van der Waals surface area contributed by atoms with Gasteiger partial charge >= 0.3 is 12.1 Å². The van der Waals surface area contributed by atoms with Gasteiger partial charge in [0.15, 0.2) is 0 Å². The van der Waals surface area contributed by atoms with Crippen molar-refractivity contribution in [1.82, 2.24) is 14.7 Å². The minimum atomic E-state index is -1.24. The first-order chi connectivity index (χ1) is 19.4. The van der Waals surface area contributed by atoms with Gasteiger partial charge in [-0.1, -0.05) is 51.1 Å². The van der Waals surface area contributed by atoms with Crippen LogP contribution in [-0.2, 0) is 35.1 Å². The van der Waals surface area contributed by atoms with E-state index in [1.54, 1.807) is 21.6 Å². The van der Waals surface area contributed by atoms with Crippen molar-refractivity contribution < 1.29 is 33.4 Å². The lowest BCUT2D eigenvalue weighted by Gasteiger charge is -2.53. The van der Waals surface area contributed by atoms with Gasteiger partial charge in [-0.2, -0.15) is 0 Å². The third kappa shape index (κ3) is 6.12. The van der Waals surface area contributed by atoms with Crippen LogP contribution in [0.4, 0.5) is 4.79 Å². The lowest BCUT2D eigenvalue weighted by Crippen LogP contribution is -2.61. The molecule has 4 atom stereocenters. The summed E-state index contributed by atoms with van der Waals surface area (Å²) < 4.78 is 16.9. The Hall–Kier alpha value is -3.40. The second-order valence-corrected chi connectivity index (χ2v) is 12.2. The van der Waals surface area contributed by atoms with Crippen LogP contribution in [0.3, 0.4) is 0 Å². The van der Waals surface area contributed by atoms with Crippen molar-refractivity contribution in [2.75, 3.05) is 39.9 Å². The van der Waals surface area contributed by atoms with Gasteiger partial charge < -0.3 is 28.9 Å². The second-order valence-electron chi connectivity index (χ2n) is 12.2. The van der Waals surface area contributed by atoms with Gasteiger partial charge in [0, 0.05) is 44.2 Å². The molecule has 0 aromatic heterocycles. The summed E-state index contributed by atoms with van der Waals surface area (Å²) in [4.78, 5) is 58.4. The van der Waals surface area contributed by atoms with Crippen LogP contribution >= 0.6 is 0 Å². The smallest absolute Gasteiger partial charge is 0.409 e. The van der Waals surface area contributed by atoms with E-state index >= 15 is 0 Å². The van der Waals surface area contributed by atoms with Crippen LogP contribution in [0.25, 0.3) is 0 Å². The Balaban J connectivity index is 1.65. The lowest BCUT2D eigenvalue weighted by molar-refractivity contribution is -0.180. The first-order valence-electron chi connectivity index (χ1n) is 14.4. The number of amides is 3. The summed E-state index contributed by atoms with van der Waals surface area (Å²) in [7, 11) is 1.35. The molecule has 0 unspecified atom stereocenters. The van der Waals surface area contributed by atoms with E-state index in [-0.39, 0.29) is 49.3 Å². The number of piperazine rings is 1. The van der Waals surface area contributed by atoms with E-state index < -0.39 is 29.5 Å². The topological polar surface area (TPSA) is 106 Å². The van der Waals surface area contributed by atoms with Crippen molar-refractivity contribution in [3.8, 4) is 0 Å². The molecule has 3 amide bonds. The summed E-state index contributed by atoms with van der Waals surface area (Å²) >= 11 is 0. The van der Waals surface area contributed by atoms with Crippen LogP contribution in [0, 0.1) is 16.7 Å². The third-order valence-electron chi connectivity index (χ3n) is 8.45. The number of likely N-dealkylation sites (tertiary alicyclic amines) is 1. The zero-order valence-electron chi connectivity index (χ0n) is 25.1. The Morgan fingerprint density at radius 1 is 1.05 bits per heavy atom. The summed E-state index contributed by atoms with van der Waals surface area (Å²) in [5.41, 5.74) is -0.0198. The fourth-order valence-corrected chi connectivity index (χ4v) is 6.06. The van der Waals surface area contributed by atoms with Gasteiger partial charge in [0.2, 0.25) is 11.8 Å². The first kappa shape index (κ1) is 30.6. The van der Waals surface area contributed by atoms with Gasteiger partial charge in [-0.05, 0) is 37.3 Å². The minimum absolute atomic E-state index is 0.0506. The molecule has 0 N–H and O–H groups in total. The molecule has 41 heavy (non-hydrogen) atoms. The molecule has 3 aliphatic heterocycles. The maximum absolute atomic E-state index is 14.2. The van der Waals surface area contributed by atoms with Gasteiger partial charge in [0.25, 0.3) is 0 Å². The largest absolute Gasteiger partial charge is 0.468 e. The highest BCUT2D eigenvalue weighted by Gasteiger charge is 2.60. The number of ether oxygens (including phenoxy) is 3. The fourth-order valence-electron chi connectivity index (χ4n) is 6.06. The zero-order chi connectivity index (χ0) is 29.9. The Morgan fingerprint density at radius 2 is 1.68 bits per heavy atom. The molecule has 0 saturated carbocycles. The van der Waals surface area contributed by atoms with E-state index in [0.717, 1.165) is 5.56 Å². The number of carbonyl (C=O) groups excluding carboxylic acids is 4. The van der Waals surface area contributed by atoms with Crippen LogP contribution in [-0.4, -0.2) is 90.7 Å². The number of fused-ring (bicyclic) bond motifs is 1. The summed E-state index contributed by atoms with van der Waals surface area (Å²) in [5, 5.41) is 0. The lowest BCUT2D eigenvalue weighted by atomic mass is 9.65. The van der Waals surface area contributed by atoms with Gasteiger partial charge in [-0.25, -0.2) is 4.79 Å². The Bertz CT molecular complexity index is 1170. The van der Waals surface area contributed by atoms with E-state index in [1.807, 2.05) is 43.3 Å². The maximum Gasteiger partial charge on any atom is 0.409 e. The van der Waals surface area contributed by atoms with Gasteiger partial charge in [0.05, 0.1) is 32.5 Å². The van der Waals surface area contributed by atoms with E-state index in [4.69, 9.17) is 14.2 Å². The molecule has 1 aromatic carbocycles. The van der Waals surface area contributed by atoms with Crippen molar-refractivity contribution in [3.63, 3.8) is 0 Å². The molecule has 2 fully saturated rings. The Labute approximate surface area is 242 Å². The maximum atomic E-state index is 14.2. The highest BCUT2D eigenvalue weighted by molar-refractivity contribution is 5.92. The molecule has 0 bridgehead atoms. The third-order valence-corrected chi connectivity index (χ3v) is 8.45. The molecule has 10 nitrogen and oxygen atoms in total. The predicted molar refractivity (Wildman–Crippen MR) is 151 cm³/mol. The SMILES string of the molecule is CCOC(=O)N1CCN(C(=O)C[C@H]2C[C@@]3(C(=O)OC)C(=C[C@H](C(C)(C)C)O[C@@H]3C)N(Cc3ccccc3)C2=O)CC1. The van der Waals surface area contributed by atoms with E-state index in [9.17, 15) is 19.2 Å². The van der Waals surface area contributed by atoms with Gasteiger partial charge in [-0.15, -0.1) is 0 Å². The minimum Gasteiger partial charge on any atom is -0.468 e. The standard InChI is InChI=1S/C31H43N3O7/c1-7-40-29(38)33-15-13-32(14-16-33)26(35)17-23-19-31(28(37)39-6)21(2)41-25(30(3,4)5)18-24(31)34(27(23)36)20-22-11-9-8-10-12-22/h8-12,18,21,23,25H,7,13-17,19-20H2,1-6H3/t21-,23+,25-,31+/m1/s1. The number of nitrogens with zero attached hydrogens (tertiary/aromatic N) is 3. The number of carbonyl (C=O) groups is 4. The first-order valence-corrected chi connectivity index (χ1v) is 14.4. The summed E-state index contributed by atoms with van der Waals surface area (Å²) in [6.07, 6.45) is 0.664. The Kier molecular flexibility index (Phi) is 9.11. The van der Waals surface area contributed by atoms with Crippen LogP contribution in [0.15, 0.2) is 42.1 Å². The molecule has 10 heteroatoms. The Morgan fingerprint density at radius 3 is 2.27 bits per heavy atom. The number of hydrogen-bond acceptors (Lipinski definition) is 7. The van der Waals surface area contributed by atoms with Crippen molar-refractivity contribution in [2.45, 2.75) is 66.2 Å². The van der Waals surface area contributed by atoms with E-state index in [0.29, 0.717) is 31.9 Å². The predicted octanol–water partition coefficient (Wildman–Crippen LogP) is 3.60. The molecule has 3 aliphatic rings. The normalized spacial score (nSPS) is 26.7. The number of benzene rings is 1. The van der Waals surface area contributed by atoms with E-state index in [1.165, 1.54) is 7.11 Å². The van der Waals surface area contributed by atoms with Crippen LogP contribution in [0.1, 0.15) is 53.0 Å². The van der Waals surface area contributed by atoms with Crippen molar-refractivity contribution in [3.05, 3.63) is 47.7 Å². The van der Waals surface area contributed by atoms with E-state index in [2.05, 4.69) is 20.8 Å². The molecule has 3 heterocycles. The molecule has 2 saturated heterocycles. The number of hydrogen-bond donors (Lipinski definition) is 0. The highest BCUT2D eigenvalue weighted by Crippen LogP contribution is 2.52. The highest BCUT2D eigenvalue weighted by atomic mass is 16.6. The van der Waals surface area contributed by atoms with Gasteiger partial charge in [-0.3, -0.25) is 14.4 Å². The van der Waals surface area contributed by atoms with Crippen molar-refractivity contribution >= 4 is 23.9 Å². The number of methoxy groups -OCH3 is 1. The monoisotopic (exact) mass is 569 g/mol. The van der Waals surface area contributed by atoms with Crippen molar-refractivity contribution in [1.29, 1.82) is 0 Å². The molecule has 1 aromatic rings. The van der Waals surface area contributed by atoms with Crippen LogP contribution in [0.5, 0.6) is 0 Å². The average Bonchev–Trinajstić information content (AvgIpc) is 2.95. The molecule has 0 radical (unpaired) electrons.